The van der Waals surface area contributed by atoms with Crippen molar-refractivity contribution < 1.29 is 4.42 Å². The summed E-state index contributed by atoms with van der Waals surface area (Å²) in [6.45, 7) is 0. The van der Waals surface area contributed by atoms with Crippen LogP contribution < -0.4 is 0 Å². The van der Waals surface area contributed by atoms with E-state index in [-0.39, 0.29) is 0 Å². The molecule has 0 aliphatic carbocycles. The van der Waals surface area contributed by atoms with Gasteiger partial charge in [0.15, 0.2) is 17.5 Å². The monoisotopic (exact) mass is 807 g/mol. The van der Waals surface area contributed by atoms with Crippen LogP contribution in [-0.4, -0.2) is 15.0 Å². The van der Waals surface area contributed by atoms with Crippen LogP contribution >= 0.6 is 11.3 Å². The molecule has 5 heteroatoms. The van der Waals surface area contributed by atoms with Crippen molar-refractivity contribution in [2.75, 3.05) is 0 Å². The highest BCUT2D eigenvalue weighted by molar-refractivity contribution is 7.26. The zero-order chi connectivity index (χ0) is 40.7. The summed E-state index contributed by atoms with van der Waals surface area (Å²) in [6.07, 6.45) is 0. The number of hydrogen-bond acceptors (Lipinski definition) is 5. The van der Waals surface area contributed by atoms with Crippen molar-refractivity contribution in [2.24, 2.45) is 0 Å². The molecule has 3 aromatic heterocycles. The van der Waals surface area contributed by atoms with E-state index in [1.807, 2.05) is 72.0 Å². The summed E-state index contributed by atoms with van der Waals surface area (Å²) >= 11 is 1.85. The molecule has 3 heterocycles. The summed E-state index contributed by atoms with van der Waals surface area (Å²) in [7, 11) is 0. The van der Waals surface area contributed by atoms with Crippen LogP contribution in [0.4, 0.5) is 0 Å². The number of hydrogen-bond donors (Lipinski definition) is 0. The van der Waals surface area contributed by atoms with E-state index in [0.717, 1.165) is 44.2 Å². The number of aromatic nitrogens is 3. The van der Waals surface area contributed by atoms with E-state index >= 15 is 0 Å². The van der Waals surface area contributed by atoms with Gasteiger partial charge in [-0.2, -0.15) is 0 Å². The fourth-order valence-corrected chi connectivity index (χ4v) is 10.6. The summed E-state index contributed by atoms with van der Waals surface area (Å²) in [5, 5.41) is 12.4. The smallest absolute Gasteiger partial charge is 0.164 e. The molecule has 0 fully saturated rings. The summed E-state index contributed by atoms with van der Waals surface area (Å²) in [5.41, 5.74) is 9.15. The third-order valence-electron chi connectivity index (χ3n) is 12.3. The zero-order valence-electron chi connectivity index (χ0n) is 33.2. The molecule has 288 valence electrons. The van der Waals surface area contributed by atoms with Crippen LogP contribution in [0.3, 0.4) is 0 Å². The van der Waals surface area contributed by atoms with E-state index in [1.165, 1.54) is 69.2 Å². The first-order chi connectivity index (χ1) is 30.7. The minimum absolute atomic E-state index is 0.597. The Bertz CT molecular complexity index is 3830. The van der Waals surface area contributed by atoms with E-state index in [4.69, 9.17) is 19.4 Å². The van der Waals surface area contributed by atoms with Crippen LogP contribution in [-0.2, 0) is 0 Å². The van der Waals surface area contributed by atoms with Gasteiger partial charge in [0.2, 0.25) is 0 Å². The molecule has 0 atom stereocenters. The van der Waals surface area contributed by atoms with Gasteiger partial charge >= 0.3 is 0 Å². The Labute approximate surface area is 360 Å². The normalized spacial score (nSPS) is 11.9. The molecular formula is C57H33N3OS. The highest BCUT2D eigenvalue weighted by Crippen LogP contribution is 2.46. The third kappa shape index (κ3) is 5.49. The highest BCUT2D eigenvalue weighted by atomic mass is 32.1. The number of furan rings is 1. The highest BCUT2D eigenvalue weighted by Gasteiger charge is 2.19. The predicted octanol–water partition coefficient (Wildman–Crippen LogP) is 15.9. The first-order valence-corrected chi connectivity index (χ1v) is 21.7. The lowest BCUT2D eigenvalue weighted by Crippen LogP contribution is -2.00. The molecule has 62 heavy (non-hydrogen) atoms. The van der Waals surface area contributed by atoms with E-state index < -0.39 is 0 Å². The molecule has 0 aliphatic heterocycles. The van der Waals surface area contributed by atoms with Crippen LogP contribution in [0.5, 0.6) is 0 Å². The van der Waals surface area contributed by atoms with E-state index in [2.05, 4.69) is 140 Å². The van der Waals surface area contributed by atoms with Gasteiger partial charge in [0, 0.05) is 47.6 Å². The molecule has 0 unspecified atom stereocenters. The lowest BCUT2D eigenvalue weighted by Gasteiger charge is -2.12. The van der Waals surface area contributed by atoms with Crippen molar-refractivity contribution in [1.29, 1.82) is 0 Å². The van der Waals surface area contributed by atoms with Crippen molar-refractivity contribution >= 4 is 85.8 Å². The Kier molecular flexibility index (Phi) is 7.74. The van der Waals surface area contributed by atoms with Crippen LogP contribution in [0.15, 0.2) is 205 Å². The molecule has 0 amide bonds. The largest absolute Gasteiger partial charge is 0.456 e. The Balaban J connectivity index is 0.929. The maximum atomic E-state index is 6.66. The van der Waals surface area contributed by atoms with Crippen molar-refractivity contribution in [3.63, 3.8) is 0 Å². The third-order valence-corrected chi connectivity index (χ3v) is 13.4. The average Bonchev–Trinajstić information content (AvgIpc) is 3.92. The summed E-state index contributed by atoms with van der Waals surface area (Å²) in [6, 6.07) is 71.0. The maximum absolute atomic E-state index is 6.66. The fraction of sp³-hybridized carbons (Fsp3) is 0. The van der Waals surface area contributed by atoms with E-state index in [1.54, 1.807) is 0 Å². The maximum Gasteiger partial charge on any atom is 0.164 e. The zero-order valence-corrected chi connectivity index (χ0v) is 34.0. The Morgan fingerprint density at radius 2 is 0.790 bits per heavy atom. The number of benzene rings is 10. The standard InChI is InChI=1S/C57H33N3OS/c1-3-13-34(14-4-1)55-58-56(35-15-5-2-6-16-35)60-57(59-55)38-27-29-46-50(32-38)61-49-23-11-21-44(53(46)49)45-22-12-24-51-54(45)47-30-26-37(33-52(47)62-51)36-25-28-43-41-19-8-7-17-39(41)40-18-9-10-20-42(40)48(43)31-36/h1-33H. The van der Waals surface area contributed by atoms with Gasteiger partial charge in [-0.1, -0.05) is 164 Å². The molecular weight excluding hydrogens is 775 g/mol. The van der Waals surface area contributed by atoms with Gasteiger partial charge in [-0.3, -0.25) is 0 Å². The lowest BCUT2D eigenvalue weighted by atomic mass is 9.91. The lowest BCUT2D eigenvalue weighted by molar-refractivity contribution is 0.669. The summed E-state index contributed by atoms with van der Waals surface area (Å²) in [4.78, 5) is 14.9. The molecule has 0 N–H and O–H groups in total. The first kappa shape index (κ1) is 34.8. The van der Waals surface area contributed by atoms with Gasteiger partial charge < -0.3 is 4.42 Å². The molecule has 0 saturated heterocycles. The topological polar surface area (TPSA) is 51.8 Å². The Morgan fingerprint density at radius 1 is 0.290 bits per heavy atom. The van der Waals surface area contributed by atoms with Crippen molar-refractivity contribution in [3.05, 3.63) is 200 Å². The van der Waals surface area contributed by atoms with Crippen molar-refractivity contribution in [1.82, 2.24) is 15.0 Å². The molecule has 0 saturated carbocycles. The van der Waals surface area contributed by atoms with E-state index in [0.29, 0.717) is 17.5 Å². The van der Waals surface area contributed by atoms with Gasteiger partial charge in [-0.25, -0.2) is 15.0 Å². The molecule has 0 spiro atoms. The van der Waals surface area contributed by atoms with Gasteiger partial charge in [0.05, 0.1) is 0 Å². The fourth-order valence-electron chi connectivity index (χ4n) is 9.44. The summed E-state index contributed by atoms with van der Waals surface area (Å²) < 4.78 is 9.19. The molecule has 10 aromatic carbocycles. The minimum atomic E-state index is 0.597. The van der Waals surface area contributed by atoms with Crippen molar-refractivity contribution in [3.8, 4) is 56.4 Å². The molecule has 0 aliphatic rings. The van der Waals surface area contributed by atoms with Crippen LogP contribution in [0, 0.1) is 0 Å². The number of nitrogens with zero attached hydrogens (tertiary/aromatic N) is 3. The van der Waals surface area contributed by atoms with Crippen LogP contribution in [0.25, 0.3) is 131 Å². The molecule has 13 aromatic rings. The Hall–Kier alpha value is -7.99. The predicted molar refractivity (Wildman–Crippen MR) is 260 cm³/mol. The van der Waals surface area contributed by atoms with E-state index in [9.17, 15) is 0 Å². The molecule has 0 bridgehead atoms. The number of fused-ring (bicyclic) bond motifs is 12. The quantitative estimate of drug-likeness (QED) is 0.163. The molecule has 4 nitrogen and oxygen atoms in total. The van der Waals surface area contributed by atoms with Crippen LogP contribution in [0.2, 0.25) is 0 Å². The number of thiophene rings is 1. The SMILES string of the molecule is c1ccc(-c2nc(-c3ccccc3)nc(-c3ccc4c(c3)oc3cccc(-c5cccc6sc7cc(-c8ccc9c%10ccccc%10c%10ccccc%10c9c8)ccc7c56)c34)n2)cc1. The van der Waals surface area contributed by atoms with Gasteiger partial charge in [0.1, 0.15) is 11.2 Å². The van der Waals surface area contributed by atoms with Gasteiger partial charge in [0.25, 0.3) is 0 Å². The van der Waals surface area contributed by atoms with Crippen LogP contribution in [0.1, 0.15) is 0 Å². The average molecular weight is 808 g/mol. The minimum Gasteiger partial charge on any atom is -0.456 e. The molecule has 0 radical (unpaired) electrons. The van der Waals surface area contributed by atoms with Crippen molar-refractivity contribution in [2.45, 2.75) is 0 Å². The van der Waals surface area contributed by atoms with Gasteiger partial charge in [-0.05, 0) is 91.0 Å². The second-order valence-corrected chi connectivity index (χ2v) is 17.0. The Morgan fingerprint density at radius 3 is 1.45 bits per heavy atom. The second kappa shape index (κ2) is 13.8. The molecule has 13 rings (SSSR count). The summed E-state index contributed by atoms with van der Waals surface area (Å²) in [5.74, 6) is 1.85. The first-order valence-electron chi connectivity index (χ1n) is 20.8. The second-order valence-electron chi connectivity index (χ2n) is 15.9. The number of rotatable bonds is 5. The van der Waals surface area contributed by atoms with Gasteiger partial charge in [-0.15, -0.1) is 11.3 Å².